The number of pyridine rings is 1. The fourth-order valence-electron chi connectivity index (χ4n) is 3.38. The monoisotopic (exact) mass is 465 g/mol. The van der Waals surface area contributed by atoms with Crippen molar-refractivity contribution >= 4 is 40.1 Å². The number of fused-ring (bicyclic) bond motifs is 1. The number of nitrogens with one attached hydrogen (secondary N) is 1. The van der Waals surface area contributed by atoms with Crippen LogP contribution in [0.1, 0.15) is 17.8 Å². The first-order valence-corrected chi connectivity index (χ1v) is 10.1. The van der Waals surface area contributed by atoms with E-state index >= 15 is 0 Å². The second-order valence-corrected chi connectivity index (χ2v) is 7.40. The number of halogens is 2. The molecular formula is C21H17ClFN9O. The fourth-order valence-corrected chi connectivity index (χ4v) is 3.63. The summed E-state index contributed by atoms with van der Waals surface area (Å²) in [7, 11) is 0. The topological polar surface area (TPSA) is 161 Å². The number of benzene rings is 1. The van der Waals surface area contributed by atoms with Gasteiger partial charge in [-0.25, -0.2) is 9.37 Å². The van der Waals surface area contributed by atoms with Crippen molar-refractivity contribution < 1.29 is 4.39 Å². The van der Waals surface area contributed by atoms with Gasteiger partial charge in [0.05, 0.1) is 34.0 Å². The number of anilines is 3. The first-order chi connectivity index (χ1) is 15.9. The average molecular weight is 466 g/mol. The Hall–Kier alpha value is -4.30. The number of aromatic nitrogens is 5. The molecule has 5 N–H and O–H groups in total. The highest BCUT2D eigenvalue weighted by molar-refractivity contribution is 6.35. The molecule has 0 aliphatic rings. The first kappa shape index (κ1) is 21.9. The predicted molar refractivity (Wildman–Crippen MR) is 122 cm³/mol. The zero-order chi connectivity index (χ0) is 23.5. The van der Waals surface area contributed by atoms with Gasteiger partial charge >= 0.3 is 0 Å². The molecule has 0 radical (unpaired) electrons. The van der Waals surface area contributed by atoms with Gasteiger partial charge in [0, 0.05) is 19.0 Å². The lowest BCUT2D eigenvalue weighted by Crippen LogP contribution is -2.25. The van der Waals surface area contributed by atoms with Gasteiger partial charge in [0.15, 0.2) is 5.82 Å². The number of nitrogens with two attached hydrogens (primary N) is 2. The third-order valence-electron chi connectivity index (χ3n) is 4.80. The Morgan fingerprint density at radius 1 is 1.21 bits per heavy atom. The van der Waals surface area contributed by atoms with E-state index in [4.69, 9.17) is 23.1 Å². The van der Waals surface area contributed by atoms with Gasteiger partial charge in [0.1, 0.15) is 29.1 Å². The molecule has 0 amide bonds. The standard InChI is InChI=1S/C21H17ClFN9O/c22-14-3-1-4-15-17(14)20(33)32(12-7-11(23)9-27-10-12)16(29-15)5-2-6-28-19-13(8-24)18(25)30-21(26)31-19/h1,3-4,7,9-10H,2,5-6H2,(H5,25,26,28,30,31). The largest absolute Gasteiger partial charge is 0.382 e. The van der Waals surface area contributed by atoms with Gasteiger partial charge in [-0.3, -0.25) is 14.3 Å². The van der Waals surface area contributed by atoms with Crippen LogP contribution in [-0.4, -0.2) is 31.0 Å². The Morgan fingerprint density at radius 2 is 2.03 bits per heavy atom. The normalized spacial score (nSPS) is 10.8. The Bertz CT molecular complexity index is 1470. The maximum Gasteiger partial charge on any atom is 0.267 e. The van der Waals surface area contributed by atoms with Gasteiger partial charge in [0.2, 0.25) is 5.95 Å². The molecule has 1 aromatic carbocycles. The van der Waals surface area contributed by atoms with Crippen LogP contribution in [0.3, 0.4) is 0 Å². The van der Waals surface area contributed by atoms with Gasteiger partial charge in [-0.2, -0.15) is 15.2 Å². The summed E-state index contributed by atoms with van der Waals surface area (Å²) >= 11 is 6.24. The van der Waals surface area contributed by atoms with Crippen molar-refractivity contribution in [1.82, 2.24) is 24.5 Å². The number of hydrogen-bond acceptors (Lipinski definition) is 9. The second kappa shape index (κ2) is 9.05. The highest BCUT2D eigenvalue weighted by Gasteiger charge is 2.16. The quantitative estimate of drug-likeness (QED) is 0.363. The van der Waals surface area contributed by atoms with Crippen LogP contribution in [0.4, 0.5) is 22.0 Å². The summed E-state index contributed by atoms with van der Waals surface area (Å²) in [4.78, 5) is 29.5. The van der Waals surface area contributed by atoms with E-state index in [1.54, 1.807) is 18.2 Å². The maximum atomic E-state index is 13.8. The maximum absolute atomic E-state index is 13.8. The summed E-state index contributed by atoms with van der Waals surface area (Å²) < 4.78 is 15.1. The summed E-state index contributed by atoms with van der Waals surface area (Å²) in [5.41, 5.74) is 11.7. The number of nitrogen functional groups attached to an aromatic ring is 2. The van der Waals surface area contributed by atoms with E-state index in [0.717, 1.165) is 6.20 Å². The van der Waals surface area contributed by atoms with Crippen LogP contribution in [0, 0.1) is 17.1 Å². The molecular weight excluding hydrogens is 449 g/mol. The molecule has 0 saturated heterocycles. The van der Waals surface area contributed by atoms with Crippen LogP contribution >= 0.6 is 11.6 Å². The molecule has 0 aliphatic heterocycles. The molecule has 33 heavy (non-hydrogen) atoms. The molecule has 4 aromatic rings. The lowest BCUT2D eigenvalue weighted by molar-refractivity contribution is 0.618. The molecule has 166 valence electrons. The predicted octanol–water partition coefficient (Wildman–Crippen LogP) is 2.44. The Balaban J connectivity index is 1.66. The molecule has 0 aliphatic carbocycles. The van der Waals surface area contributed by atoms with Crippen molar-refractivity contribution in [3.05, 3.63) is 69.2 Å². The number of nitriles is 1. The van der Waals surface area contributed by atoms with E-state index in [0.29, 0.717) is 30.7 Å². The van der Waals surface area contributed by atoms with Gasteiger partial charge < -0.3 is 16.8 Å². The third kappa shape index (κ3) is 4.37. The second-order valence-electron chi connectivity index (χ2n) is 7.00. The molecule has 0 saturated carbocycles. The van der Waals surface area contributed by atoms with Gasteiger partial charge in [-0.1, -0.05) is 17.7 Å². The SMILES string of the molecule is N#Cc1c(N)nc(N)nc1NCCCc1nc2cccc(Cl)c2c(=O)n1-c1cncc(F)c1. The van der Waals surface area contributed by atoms with Crippen LogP contribution in [-0.2, 0) is 6.42 Å². The smallest absolute Gasteiger partial charge is 0.267 e. The van der Waals surface area contributed by atoms with E-state index in [-0.39, 0.29) is 39.2 Å². The van der Waals surface area contributed by atoms with E-state index in [1.807, 2.05) is 6.07 Å². The third-order valence-corrected chi connectivity index (χ3v) is 5.12. The lowest BCUT2D eigenvalue weighted by atomic mass is 10.2. The van der Waals surface area contributed by atoms with Crippen LogP contribution in [0.2, 0.25) is 5.02 Å². The summed E-state index contributed by atoms with van der Waals surface area (Å²) in [5.74, 6) is -0.0598. The molecule has 4 rings (SSSR count). The van der Waals surface area contributed by atoms with Gasteiger partial charge in [0.25, 0.3) is 5.56 Å². The fraction of sp³-hybridized carbons (Fsp3) is 0.143. The first-order valence-electron chi connectivity index (χ1n) is 9.77. The molecule has 0 unspecified atom stereocenters. The average Bonchev–Trinajstić information content (AvgIpc) is 2.76. The zero-order valence-corrected chi connectivity index (χ0v) is 17.8. The Labute approximate surface area is 191 Å². The minimum absolute atomic E-state index is 0.0204. The molecule has 10 nitrogen and oxygen atoms in total. The highest BCUT2D eigenvalue weighted by Crippen LogP contribution is 2.22. The van der Waals surface area contributed by atoms with Crippen molar-refractivity contribution in [1.29, 1.82) is 5.26 Å². The molecule has 3 aromatic heterocycles. The molecule has 0 fully saturated rings. The van der Waals surface area contributed by atoms with Crippen molar-refractivity contribution in [2.75, 3.05) is 23.3 Å². The zero-order valence-electron chi connectivity index (χ0n) is 17.1. The Morgan fingerprint density at radius 3 is 2.79 bits per heavy atom. The van der Waals surface area contributed by atoms with Crippen molar-refractivity contribution in [2.24, 2.45) is 0 Å². The molecule has 3 heterocycles. The van der Waals surface area contributed by atoms with Crippen LogP contribution < -0.4 is 22.3 Å². The molecule has 0 spiro atoms. The van der Waals surface area contributed by atoms with Crippen LogP contribution in [0.15, 0.2) is 41.5 Å². The van der Waals surface area contributed by atoms with Gasteiger partial charge in [-0.15, -0.1) is 0 Å². The van der Waals surface area contributed by atoms with Crippen LogP contribution in [0.25, 0.3) is 16.6 Å². The van der Waals surface area contributed by atoms with Crippen molar-refractivity contribution in [2.45, 2.75) is 12.8 Å². The summed E-state index contributed by atoms with van der Waals surface area (Å²) in [6.45, 7) is 0.357. The van der Waals surface area contributed by atoms with E-state index in [2.05, 4.69) is 25.3 Å². The minimum atomic E-state index is -0.589. The Kier molecular flexibility index (Phi) is 6.01. The number of rotatable bonds is 6. The number of hydrogen-bond donors (Lipinski definition) is 3. The summed E-state index contributed by atoms with van der Waals surface area (Å²) in [6.07, 6.45) is 3.24. The number of aryl methyl sites for hydroxylation is 1. The molecule has 0 bridgehead atoms. The van der Waals surface area contributed by atoms with Crippen molar-refractivity contribution in [3.63, 3.8) is 0 Å². The highest BCUT2D eigenvalue weighted by atomic mass is 35.5. The molecule has 0 atom stereocenters. The van der Waals surface area contributed by atoms with Gasteiger partial charge in [-0.05, 0) is 18.6 Å². The lowest BCUT2D eigenvalue weighted by Gasteiger charge is -2.14. The molecule has 12 heteroatoms. The van der Waals surface area contributed by atoms with E-state index in [1.165, 1.54) is 16.8 Å². The van der Waals surface area contributed by atoms with Crippen LogP contribution in [0.5, 0.6) is 0 Å². The van der Waals surface area contributed by atoms with E-state index in [9.17, 15) is 14.4 Å². The summed E-state index contributed by atoms with van der Waals surface area (Å²) in [5, 5.41) is 12.8. The minimum Gasteiger partial charge on any atom is -0.382 e. The summed E-state index contributed by atoms with van der Waals surface area (Å²) in [6, 6.07) is 8.12. The number of nitrogens with zero attached hydrogens (tertiary/aromatic N) is 6. The van der Waals surface area contributed by atoms with E-state index < -0.39 is 11.4 Å². The van der Waals surface area contributed by atoms with Crippen molar-refractivity contribution in [3.8, 4) is 11.8 Å².